The number of nitro groups is 1. The number of ether oxygens (including phenoxy) is 1. The molecule has 6 nitrogen and oxygen atoms in total. The van der Waals surface area contributed by atoms with E-state index in [4.69, 9.17) is 10.5 Å². The van der Waals surface area contributed by atoms with E-state index >= 15 is 0 Å². The van der Waals surface area contributed by atoms with Crippen molar-refractivity contribution in [2.24, 2.45) is 5.73 Å². The molecule has 0 atom stereocenters. The van der Waals surface area contributed by atoms with Crippen molar-refractivity contribution in [3.8, 4) is 5.75 Å². The smallest absolute Gasteiger partial charge is 0.406 e. The minimum absolute atomic E-state index is 0.122. The standard InChI is InChI=1S/C9H11N3O3/c1-7(5-10)6-15-8-3-2-4-11-9(8)12(13)14/h2-4H,1,5-6,10H2. The van der Waals surface area contributed by atoms with E-state index in [1.165, 1.54) is 12.3 Å². The van der Waals surface area contributed by atoms with Gasteiger partial charge in [-0.25, -0.2) is 0 Å². The third-order valence-electron chi connectivity index (χ3n) is 1.64. The van der Waals surface area contributed by atoms with Gasteiger partial charge in [0.25, 0.3) is 0 Å². The van der Waals surface area contributed by atoms with Crippen LogP contribution in [0.5, 0.6) is 5.75 Å². The Morgan fingerprint density at radius 1 is 1.73 bits per heavy atom. The zero-order chi connectivity index (χ0) is 11.3. The fourth-order valence-electron chi connectivity index (χ4n) is 0.871. The second kappa shape index (κ2) is 5.06. The maximum atomic E-state index is 10.6. The van der Waals surface area contributed by atoms with E-state index in [0.717, 1.165) is 0 Å². The zero-order valence-corrected chi connectivity index (χ0v) is 8.05. The van der Waals surface area contributed by atoms with Gasteiger partial charge in [-0.1, -0.05) is 6.58 Å². The van der Waals surface area contributed by atoms with E-state index in [1.807, 2.05) is 0 Å². The van der Waals surface area contributed by atoms with Gasteiger partial charge in [0, 0.05) is 6.54 Å². The van der Waals surface area contributed by atoms with Gasteiger partial charge in [-0.05, 0) is 27.6 Å². The van der Waals surface area contributed by atoms with Crippen LogP contribution >= 0.6 is 0 Å². The highest BCUT2D eigenvalue weighted by Gasteiger charge is 2.15. The van der Waals surface area contributed by atoms with Crippen LogP contribution in [0, 0.1) is 10.1 Å². The van der Waals surface area contributed by atoms with Crippen molar-refractivity contribution < 1.29 is 9.66 Å². The summed E-state index contributed by atoms with van der Waals surface area (Å²) >= 11 is 0. The molecule has 0 spiro atoms. The van der Waals surface area contributed by atoms with Gasteiger partial charge in [-0.15, -0.1) is 0 Å². The number of aromatic nitrogens is 1. The van der Waals surface area contributed by atoms with Crippen LogP contribution in [0.15, 0.2) is 30.5 Å². The van der Waals surface area contributed by atoms with Gasteiger partial charge >= 0.3 is 5.82 Å². The summed E-state index contributed by atoms with van der Waals surface area (Å²) in [4.78, 5) is 13.6. The van der Waals surface area contributed by atoms with E-state index < -0.39 is 4.92 Å². The van der Waals surface area contributed by atoms with Gasteiger partial charge in [-0.2, -0.15) is 0 Å². The van der Waals surface area contributed by atoms with E-state index in [2.05, 4.69) is 11.6 Å². The lowest BCUT2D eigenvalue weighted by Gasteiger charge is -2.06. The molecule has 15 heavy (non-hydrogen) atoms. The van der Waals surface area contributed by atoms with Crippen molar-refractivity contribution in [2.45, 2.75) is 0 Å². The topological polar surface area (TPSA) is 91.3 Å². The van der Waals surface area contributed by atoms with Crippen molar-refractivity contribution in [1.29, 1.82) is 0 Å². The molecule has 0 aliphatic rings. The monoisotopic (exact) mass is 209 g/mol. The van der Waals surface area contributed by atoms with E-state index in [1.54, 1.807) is 6.07 Å². The molecular formula is C9H11N3O3. The van der Waals surface area contributed by atoms with Gasteiger partial charge in [-0.3, -0.25) is 0 Å². The molecule has 2 N–H and O–H groups in total. The minimum Gasteiger partial charge on any atom is -0.481 e. The van der Waals surface area contributed by atoms with Gasteiger partial charge < -0.3 is 20.6 Å². The maximum Gasteiger partial charge on any atom is 0.406 e. The first-order valence-electron chi connectivity index (χ1n) is 4.24. The predicted octanol–water partition coefficient (Wildman–Crippen LogP) is 0.883. The lowest BCUT2D eigenvalue weighted by molar-refractivity contribution is -0.390. The minimum atomic E-state index is -0.597. The lowest BCUT2D eigenvalue weighted by atomic mass is 10.3. The summed E-state index contributed by atoms with van der Waals surface area (Å²) in [6.07, 6.45) is 1.34. The van der Waals surface area contributed by atoms with Crippen molar-refractivity contribution in [3.63, 3.8) is 0 Å². The Hall–Kier alpha value is -1.95. The average Bonchev–Trinajstić information content (AvgIpc) is 2.26. The first-order valence-corrected chi connectivity index (χ1v) is 4.24. The molecule has 1 heterocycles. The third kappa shape index (κ3) is 3.03. The van der Waals surface area contributed by atoms with Crippen LogP contribution in [-0.4, -0.2) is 23.1 Å². The molecule has 0 aromatic carbocycles. The predicted molar refractivity (Wildman–Crippen MR) is 54.6 cm³/mol. The van der Waals surface area contributed by atoms with E-state index in [9.17, 15) is 10.1 Å². The highest BCUT2D eigenvalue weighted by molar-refractivity contribution is 5.38. The van der Waals surface area contributed by atoms with Crippen molar-refractivity contribution >= 4 is 5.82 Å². The summed E-state index contributed by atoms with van der Waals surface area (Å²) in [6, 6.07) is 3.04. The Bertz CT molecular complexity index is 379. The van der Waals surface area contributed by atoms with Crippen LogP contribution in [0.2, 0.25) is 0 Å². The normalized spacial score (nSPS) is 9.67. The summed E-state index contributed by atoms with van der Waals surface area (Å²) in [5.74, 6) is -0.181. The Kier molecular flexibility index (Phi) is 3.75. The van der Waals surface area contributed by atoms with Crippen LogP contribution < -0.4 is 10.5 Å². The highest BCUT2D eigenvalue weighted by Crippen LogP contribution is 2.22. The molecule has 0 radical (unpaired) electrons. The van der Waals surface area contributed by atoms with Gasteiger partial charge in [0.2, 0.25) is 5.75 Å². The van der Waals surface area contributed by atoms with Gasteiger partial charge in [0.05, 0.1) is 0 Å². The second-order valence-corrected chi connectivity index (χ2v) is 2.83. The molecule has 1 aromatic heterocycles. The number of nitrogens with zero attached hydrogens (tertiary/aromatic N) is 2. The number of hydrogen-bond donors (Lipinski definition) is 1. The van der Waals surface area contributed by atoms with Crippen LogP contribution in [0.25, 0.3) is 0 Å². The van der Waals surface area contributed by atoms with Crippen LogP contribution in [0.1, 0.15) is 0 Å². The molecule has 80 valence electrons. The molecule has 0 unspecified atom stereocenters. The number of pyridine rings is 1. The fraction of sp³-hybridized carbons (Fsp3) is 0.222. The summed E-state index contributed by atoms with van der Waals surface area (Å²) in [6.45, 7) is 4.06. The number of rotatable bonds is 5. The maximum absolute atomic E-state index is 10.6. The molecule has 0 amide bonds. The molecule has 0 bridgehead atoms. The van der Waals surface area contributed by atoms with Crippen molar-refractivity contribution in [2.75, 3.05) is 13.2 Å². The van der Waals surface area contributed by atoms with Gasteiger partial charge in [0.15, 0.2) is 0 Å². The molecule has 0 saturated heterocycles. The van der Waals surface area contributed by atoms with Crippen LogP contribution in [0.3, 0.4) is 0 Å². The Morgan fingerprint density at radius 3 is 3.07 bits per heavy atom. The van der Waals surface area contributed by atoms with Crippen LogP contribution in [-0.2, 0) is 0 Å². The van der Waals surface area contributed by atoms with Crippen molar-refractivity contribution in [1.82, 2.24) is 4.98 Å². The highest BCUT2D eigenvalue weighted by atomic mass is 16.6. The molecular weight excluding hydrogens is 198 g/mol. The Labute approximate surface area is 86.5 Å². The zero-order valence-electron chi connectivity index (χ0n) is 8.05. The largest absolute Gasteiger partial charge is 0.481 e. The number of hydrogen-bond acceptors (Lipinski definition) is 5. The summed E-state index contributed by atoms with van der Waals surface area (Å²) in [5.41, 5.74) is 5.97. The Morgan fingerprint density at radius 2 is 2.47 bits per heavy atom. The lowest BCUT2D eigenvalue weighted by Crippen LogP contribution is -2.10. The van der Waals surface area contributed by atoms with Crippen LogP contribution in [0.4, 0.5) is 5.82 Å². The number of nitrogens with two attached hydrogens (primary N) is 1. The SMILES string of the molecule is C=C(CN)COc1cccnc1[N+](=O)[O-]. The van der Waals surface area contributed by atoms with E-state index in [-0.39, 0.29) is 24.7 Å². The molecule has 0 aliphatic heterocycles. The molecule has 1 rings (SSSR count). The average molecular weight is 209 g/mol. The summed E-state index contributed by atoms with van der Waals surface area (Å²) in [5, 5.41) is 10.6. The molecule has 0 saturated carbocycles. The first-order chi connectivity index (χ1) is 7.15. The Balaban J connectivity index is 2.76. The fourth-order valence-corrected chi connectivity index (χ4v) is 0.871. The molecule has 0 fully saturated rings. The van der Waals surface area contributed by atoms with E-state index in [0.29, 0.717) is 5.57 Å². The summed E-state index contributed by atoms with van der Waals surface area (Å²) in [7, 11) is 0. The van der Waals surface area contributed by atoms with Crippen molar-refractivity contribution in [3.05, 3.63) is 40.6 Å². The quantitative estimate of drug-likeness (QED) is 0.441. The molecule has 6 heteroatoms. The summed E-state index contributed by atoms with van der Waals surface area (Å²) < 4.78 is 5.17. The van der Waals surface area contributed by atoms with Gasteiger partial charge in [0.1, 0.15) is 12.8 Å². The third-order valence-corrected chi connectivity index (χ3v) is 1.64. The second-order valence-electron chi connectivity index (χ2n) is 2.83. The first kappa shape index (κ1) is 11.1. The molecule has 0 aliphatic carbocycles. The molecule has 1 aromatic rings.